The highest BCUT2D eigenvalue weighted by Crippen LogP contribution is 2.35. The van der Waals surface area contributed by atoms with E-state index < -0.39 is 11.9 Å². The average Bonchev–Trinajstić information content (AvgIpc) is 3.14. The topological polar surface area (TPSA) is 95.8 Å². The highest BCUT2D eigenvalue weighted by Gasteiger charge is 2.16. The lowest BCUT2D eigenvalue weighted by Gasteiger charge is -2.19. The van der Waals surface area contributed by atoms with Crippen LogP contribution in [-0.4, -0.2) is 24.6 Å². The molecular weight excluding hydrogens is 628 g/mol. The molecule has 0 aliphatic carbocycles. The number of unbranched alkanes of at least 4 members (excludes halogenated alkanes) is 5. The van der Waals surface area contributed by atoms with Crippen LogP contribution in [0.1, 0.15) is 112 Å². The predicted molar refractivity (Wildman–Crippen MR) is 198 cm³/mol. The van der Waals surface area contributed by atoms with Crippen LogP contribution in [0.2, 0.25) is 0 Å². The summed E-state index contributed by atoms with van der Waals surface area (Å²) in [6.07, 6.45) is 10.6. The molecule has 0 N–H and O–H groups in total. The van der Waals surface area contributed by atoms with E-state index in [0.717, 1.165) is 44.2 Å². The van der Waals surface area contributed by atoms with Crippen molar-refractivity contribution in [1.82, 2.24) is 0 Å². The zero-order valence-corrected chi connectivity index (χ0v) is 29.9. The van der Waals surface area contributed by atoms with E-state index in [-0.39, 0.29) is 6.10 Å². The molecule has 0 aromatic heterocycles. The van der Waals surface area contributed by atoms with Crippen LogP contribution in [0.5, 0.6) is 23.0 Å². The number of esters is 2. The molecule has 0 saturated carbocycles. The molecule has 4 rings (SSSR count). The van der Waals surface area contributed by atoms with Crippen molar-refractivity contribution >= 4 is 23.3 Å². The Labute approximate surface area is 296 Å². The van der Waals surface area contributed by atoms with Gasteiger partial charge in [-0.1, -0.05) is 71.9 Å². The number of azo groups is 1. The molecule has 0 aliphatic rings. The number of ether oxygens (including phenoxy) is 4. The van der Waals surface area contributed by atoms with Crippen molar-refractivity contribution in [2.24, 2.45) is 10.2 Å². The maximum atomic E-state index is 13.1. The maximum Gasteiger partial charge on any atom is 0.343 e. The minimum Gasteiger partial charge on any atom is -0.494 e. The van der Waals surface area contributed by atoms with E-state index in [9.17, 15) is 9.59 Å². The summed E-state index contributed by atoms with van der Waals surface area (Å²) in [6.45, 7) is 9.17. The summed E-state index contributed by atoms with van der Waals surface area (Å²) in [5.74, 6) is 0.788. The summed E-state index contributed by atoms with van der Waals surface area (Å²) in [4.78, 5) is 25.8. The van der Waals surface area contributed by atoms with Gasteiger partial charge in [-0.05, 0) is 110 Å². The number of rotatable bonds is 20. The van der Waals surface area contributed by atoms with Gasteiger partial charge in [-0.15, -0.1) is 5.11 Å². The van der Waals surface area contributed by atoms with Gasteiger partial charge in [0, 0.05) is 6.07 Å². The van der Waals surface area contributed by atoms with Crippen LogP contribution in [0.4, 0.5) is 11.4 Å². The molecule has 8 nitrogen and oxygen atoms in total. The Kier molecular flexibility index (Phi) is 15.5. The molecule has 0 heterocycles. The SMILES string of the molecule is CCCCCCCC(CC)Oc1cc(OC(=O)c2ccc(OC(=O)c3ccc(OCCCC)cc3)cc2)ccc1N=Nc1ccc(CC)cc1. The number of hydrogen-bond donors (Lipinski definition) is 0. The number of aryl methyl sites for hydroxylation is 1. The Balaban J connectivity index is 1.42. The smallest absolute Gasteiger partial charge is 0.343 e. The summed E-state index contributed by atoms with van der Waals surface area (Å²) in [6, 6.07) is 26.2. The van der Waals surface area contributed by atoms with Gasteiger partial charge < -0.3 is 18.9 Å². The molecule has 0 aliphatic heterocycles. The third-order valence-electron chi connectivity index (χ3n) is 8.30. The van der Waals surface area contributed by atoms with Gasteiger partial charge in [-0.2, -0.15) is 5.11 Å². The molecule has 1 atom stereocenters. The molecule has 8 heteroatoms. The zero-order chi connectivity index (χ0) is 35.6. The minimum atomic E-state index is -0.555. The lowest BCUT2D eigenvalue weighted by Crippen LogP contribution is -2.15. The fourth-order valence-electron chi connectivity index (χ4n) is 5.16. The van der Waals surface area contributed by atoms with Crippen LogP contribution in [0.15, 0.2) is 101 Å². The van der Waals surface area contributed by atoms with Gasteiger partial charge in [0.15, 0.2) is 5.75 Å². The monoisotopic (exact) mass is 678 g/mol. The minimum absolute atomic E-state index is 0.00677. The van der Waals surface area contributed by atoms with E-state index >= 15 is 0 Å². The van der Waals surface area contributed by atoms with Gasteiger partial charge in [0.05, 0.1) is 29.5 Å². The Hall–Kier alpha value is -4.98. The van der Waals surface area contributed by atoms with Crippen LogP contribution in [0.3, 0.4) is 0 Å². The standard InChI is InChI=1S/C42H50N2O6/c1-5-9-11-12-13-14-35(8-4)48-40-30-38(27-28-39(40)44-43-34-21-15-31(7-3)16-22-34)50-42(46)33-19-25-37(26-20-33)49-41(45)32-17-23-36(24-18-32)47-29-10-6-2/h15-28,30,35H,5-14,29H2,1-4H3. The number of carbonyl (C=O) groups is 2. The van der Waals surface area contributed by atoms with E-state index in [1.54, 1.807) is 66.7 Å². The van der Waals surface area contributed by atoms with Gasteiger partial charge in [-0.25, -0.2) is 9.59 Å². The Morgan fingerprint density at radius 1 is 0.620 bits per heavy atom. The molecule has 0 fully saturated rings. The van der Waals surface area contributed by atoms with Crippen molar-refractivity contribution in [3.8, 4) is 23.0 Å². The van der Waals surface area contributed by atoms with Gasteiger partial charge in [0.1, 0.15) is 22.9 Å². The first kappa shape index (κ1) is 37.8. The normalized spacial score (nSPS) is 11.7. The fraction of sp³-hybridized carbons (Fsp3) is 0.381. The summed E-state index contributed by atoms with van der Waals surface area (Å²) >= 11 is 0. The first-order chi connectivity index (χ1) is 24.4. The van der Waals surface area contributed by atoms with Crippen LogP contribution in [0.25, 0.3) is 0 Å². The Bertz CT molecular complexity index is 1650. The van der Waals surface area contributed by atoms with Crippen LogP contribution in [0, 0.1) is 0 Å². The van der Waals surface area contributed by atoms with E-state index in [4.69, 9.17) is 18.9 Å². The second kappa shape index (κ2) is 20.5. The molecular formula is C42H50N2O6. The van der Waals surface area contributed by atoms with Crippen LogP contribution >= 0.6 is 0 Å². The van der Waals surface area contributed by atoms with Crippen molar-refractivity contribution in [2.45, 2.75) is 98.0 Å². The first-order valence-corrected chi connectivity index (χ1v) is 18.0. The molecule has 264 valence electrons. The fourth-order valence-corrected chi connectivity index (χ4v) is 5.16. The van der Waals surface area contributed by atoms with Gasteiger partial charge in [0.2, 0.25) is 0 Å². The van der Waals surface area contributed by atoms with Crippen molar-refractivity contribution in [3.63, 3.8) is 0 Å². The van der Waals surface area contributed by atoms with Crippen LogP contribution in [-0.2, 0) is 6.42 Å². The highest BCUT2D eigenvalue weighted by atomic mass is 16.5. The average molecular weight is 679 g/mol. The molecule has 0 radical (unpaired) electrons. The lowest BCUT2D eigenvalue weighted by atomic mass is 10.1. The lowest BCUT2D eigenvalue weighted by molar-refractivity contribution is 0.0729. The largest absolute Gasteiger partial charge is 0.494 e. The second-order valence-corrected chi connectivity index (χ2v) is 12.2. The van der Waals surface area contributed by atoms with Crippen molar-refractivity contribution in [2.75, 3.05) is 6.61 Å². The van der Waals surface area contributed by atoms with Crippen molar-refractivity contribution < 1.29 is 28.5 Å². The number of nitrogens with zero attached hydrogens (tertiary/aromatic N) is 2. The zero-order valence-electron chi connectivity index (χ0n) is 29.9. The summed E-state index contributed by atoms with van der Waals surface area (Å²) < 4.78 is 23.4. The van der Waals surface area contributed by atoms with Gasteiger partial charge in [-0.3, -0.25) is 0 Å². The Morgan fingerprint density at radius 2 is 1.22 bits per heavy atom. The van der Waals surface area contributed by atoms with Crippen molar-refractivity contribution in [3.05, 3.63) is 108 Å². The second-order valence-electron chi connectivity index (χ2n) is 12.2. The number of benzene rings is 4. The maximum absolute atomic E-state index is 13.1. The predicted octanol–water partition coefficient (Wildman–Crippen LogP) is 11.8. The Morgan fingerprint density at radius 3 is 1.84 bits per heavy atom. The van der Waals surface area contributed by atoms with Crippen LogP contribution < -0.4 is 18.9 Å². The quantitative estimate of drug-likeness (QED) is 0.0399. The molecule has 50 heavy (non-hydrogen) atoms. The molecule has 4 aromatic carbocycles. The van der Waals surface area contributed by atoms with E-state index in [1.165, 1.54) is 31.2 Å². The summed E-state index contributed by atoms with van der Waals surface area (Å²) in [7, 11) is 0. The van der Waals surface area contributed by atoms with E-state index in [1.807, 2.05) is 24.3 Å². The molecule has 0 spiro atoms. The first-order valence-electron chi connectivity index (χ1n) is 18.0. The molecule has 0 amide bonds. The highest BCUT2D eigenvalue weighted by molar-refractivity contribution is 5.92. The summed E-state index contributed by atoms with van der Waals surface area (Å²) in [5, 5.41) is 8.95. The van der Waals surface area contributed by atoms with E-state index in [2.05, 4.69) is 37.9 Å². The third kappa shape index (κ3) is 12.2. The van der Waals surface area contributed by atoms with Gasteiger partial charge in [0.25, 0.3) is 0 Å². The van der Waals surface area contributed by atoms with E-state index in [0.29, 0.717) is 46.4 Å². The third-order valence-corrected chi connectivity index (χ3v) is 8.30. The summed E-state index contributed by atoms with van der Waals surface area (Å²) in [5.41, 5.74) is 3.23. The molecule has 0 saturated heterocycles. The molecule has 1 unspecified atom stereocenters. The number of hydrogen-bond acceptors (Lipinski definition) is 8. The van der Waals surface area contributed by atoms with Gasteiger partial charge >= 0.3 is 11.9 Å². The molecule has 0 bridgehead atoms. The molecule has 4 aromatic rings. The van der Waals surface area contributed by atoms with Crippen molar-refractivity contribution in [1.29, 1.82) is 0 Å². The number of carbonyl (C=O) groups excluding carboxylic acids is 2.